The van der Waals surface area contributed by atoms with Gasteiger partial charge in [-0.15, -0.1) is 0 Å². The Labute approximate surface area is 156 Å². The molecule has 2 rings (SSSR count). The molecule has 4 N–H and O–H groups in total. The van der Waals surface area contributed by atoms with E-state index in [-0.39, 0.29) is 13.1 Å². The maximum Gasteiger partial charge on any atom is 0.320 e. The van der Waals surface area contributed by atoms with Crippen molar-refractivity contribution >= 4 is 23.7 Å². The summed E-state index contributed by atoms with van der Waals surface area (Å²) in [4.78, 5) is 39.5. The zero-order valence-corrected chi connectivity index (χ0v) is 14.5. The lowest BCUT2D eigenvalue weighted by Crippen LogP contribution is -2.43. The summed E-state index contributed by atoms with van der Waals surface area (Å²) in [6, 6.07) is 12.3. The summed E-state index contributed by atoms with van der Waals surface area (Å²) in [5, 5.41) is 20.8. The van der Waals surface area contributed by atoms with E-state index in [4.69, 9.17) is 0 Å². The van der Waals surface area contributed by atoms with E-state index in [0.29, 0.717) is 11.4 Å². The van der Waals surface area contributed by atoms with Crippen molar-refractivity contribution in [2.75, 3.05) is 25.0 Å². The number of urea groups is 1. The minimum absolute atomic E-state index is 0.144. The Morgan fingerprint density at radius 2 is 1.63 bits per heavy atom. The van der Waals surface area contributed by atoms with E-state index in [0.717, 1.165) is 0 Å². The van der Waals surface area contributed by atoms with E-state index in [2.05, 4.69) is 26.3 Å². The van der Waals surface area contributed by atoms with Crippen molar-refractivity contribution in [3.8, 4) is 0 Å². The maximum absolute atomic E-state index is 12.4. The van der Waals surface area contributed by atoms with Gasteiger partial charge in [0.25, 0.3) is 0 Å². The topological polar surface area (TPSA) is 132 Å². The van der Waals surface area contributed by atoms with Crippen LogP contribution in [0.1, 0.15) is 11.6 Å². The van der Waals surface area contributed by atoms with E-state index < -0.39 is 30.5 Å². The number of benzene rings is 1. The van der Waals surface area contributed by atoms with Gasteiger partial charge in [0.05, 0.1) is 0 Å². The summed E-state index contributed by atoms with van der Waals surface area (Å²) in [6.45, 7) is -0.654. The van der Waals surface area contributed by atoms with E-state index >= 15 is 0 Å². The van der Waals surface area contributed by atoms with Gasteiger partial charge in [-0.2, -0.15) is 0 Å². The average Bonchev–Trinajstić information content (AvgIpc) is 2.70. The van der Waals surface area contributed by atoms with Gasteiger partial charge < -0.3 is 16.0 Å². The van der Waals surface area contributed by atoms with E-state index in [1.807, 2.05) is 0 Å². The molecule has 141 valence electrons. The normalized spacial score (nSPS) is 11.1. The molecule has 0 aliphatic heterocycles. The highest BCUT2D eigenvalue weighted by atomic mass is 16.3. The van der Waals surface area contributed by atoms with Crippen molar-refractivity contribution in [2.24, 2.45) is 0 Å². The molecule has 0 unspecified atom stereocenters. The zero-order chi connectivity index (χ0) is 19.5. The summed E-state index contributed by atoms with van der Waals surface area (Å²) in [5.41, 5.74) is 0.553. The standard InChI is InChI=1S/C18H20N5O4/c24-12-15(25)23-16(13-6-2-1-3-7-13)17(26)20-10-11-21-18(27)22-14-8-4-5-9-19-14/h1-9,16H,10-12H2,(H,20,26)(H,23,25)(H2,19,21,22,27)/t16-/m1/s1. The summed E-state index contributed by atoms with van der Waals surface area (Å²) < 4.78 is 0. The van der Waals surface area contributed by atoms with Crippen LogP contribution in [0.25, 0.3) is 0 Å². The lowest BCUT2D eigenvalue weighted by Gasteiger charge is -2.18. The molecule has 1 atom stereocenters. The zero-order valence-electron chi connectivity index (χ0n) is 14.5. The number of nitrogens with one attached hydrogen (secondary N) is 4. The van der Waals surface area contributed by atoms with Crippen molar-refractivity contribution in [2.45, 2.75) is 6.04 Å². The number of pyridine rings is 1. The van der Waals surface area contributed by atoms with Crippen LogP contribution in [-0.4, -0.2) is 42.5 Å². The molecule has 1 radical (unpaired) electrons. The molecule has 0 saturated heterocycles. The highest BCUT2D eigenvalue weighted by Gasteiger charge is 2.22. The third-order valence-corrected chi connectivity index (χ3v) is 3.45. The van der Waals surface area contributed by atoms with Gasteiger partial charge in [0.15, 0.2) is 6.61 Å². The second-order valence-electron chi connectivity index (χ2n) is 5.44. The first kappa shape index (κ1) is 19.9. The average molecular weight is 370 g/mol. The van der Waals surface area contributed by atoms with Gasteiger partial charge >= 0.3 is 6.03 Å². The van der Waals surface area contributed by atoms with Crippen LogP contribution in [0.2, 0.25) is 0 Å². The molecular formula is C18H20N5O4. The Morgan fingerprint density at radius 1 is 0.926 bits per heavy atom. The first-order valence-electron chi connectivity index (χ1n) is 8.26. The molecule has 0 aliphatic rings. The van der Waals surface area contributed by atoms with Crippen molar-refractivity contribution < 1.29 is 19.5 Å². The minimum atomic E-state index is -0.977. The number of rotatable bonds is 8. The number of hydrogen-bond donors (Lipinski definition) is 4. The number of aromatic nitrogens is 1. The molecule has 0 bridgehead atoms. The third-order valence-electron chi connectivity index (χ3n) is 3.45. The highest BCUT2D eigenvalue weighted by Crippen LogP contribution is 2.12. The van der Waals surface area contributed by atoms with Crippen LogP contribution in [0.4, 0.5) is 10.6 Å². The summed E-state index contributed by atoms with van der Waals surface area (Å²) in [5.74, 6) is -0.842. The predicted octanol–water partition coefficient (Wildman–Crippen LogP) is 0.607. The predicted molar refractivity (Wildman–Crippen MR) is 97.1 cm³/mol. The van der Waals surface area contributed by atoms with Crippen LogP contribution < -0.4 is 21.3 Å². The second kappa shape index (κ2) is 10.5. The Kier molecular flexibility index (Phi) is 7.73. The summed E-state index contributed by atoms with van der Waals surface area (Å²) in [6.07, 6.45) is 1.55. The van der Waals surface area contributed by atoms with Gasteiger partial charge in [-0.3, -0.25) is 14.9 Å². The third kappa shape index (κ3) is 6.75. The van der Waals surface area contributed by atoms with E-state index in [1.54, 1.807) is 54.7 Å². The molecule has 0 spiro atoms. The highest BCUT2D eigenvalue weighted by molar-refractivity contribution is 5.89. The number of hydrogen-bond acceptors (Lipinski definition) is 4. The van der Waals surface area contributed by atoms with E-state index in [9.17, 15) is 19.5 Å². The Morgan fingerprint density at radius 3 is 2.30 bits per heavy atom. The molecule has 0 aliphatic carbocycles. The van der Waals surface area contributed by atoms with E-state index in [1.165, 1.54) is 0 Å². The molecular weight excluding hydrogens is 350 g/mol. The summed E-state index contributed by atoms with van der Waals surface area (Å²) >= 11 is 0. The Balaban J connectivity index is 1.81. The first-order chi connectivity index (χ1) is 13.1. The van der Waals surface area contributed by atoms with Crippen LogP contribution in [-0.2, 0) is 14.7 Å². The van der Waals surface area contributed by atoms with Gasteiger partial charge in [-0.1, -0.05) is 36.4 Å². The Bertz CT molecular complexity index is 755. The number of amides is 4. The largest absolute Gasteiger partial charge is 0.352 e. The number of nitrogens with zero attached hydrogens (tertiary/aromatic N) is 1. The van der Waals surface area contributed by atoms with Gasteiger partial charge in [0, 0.05) is 19.3 Å². The minimum Gasteiger partial charge on any atom is -0.352 e. The van der Waals surface area contributed by atoms with Gasteiger partial charge in [-0.05, 0) is 17.7 Å². The molecule has 1 aromatic heterocycles. The van der Waals surface area contributed by atoms with Crippen LogP contribution in [0, 0.1) is 0 Å². The van der Waals surface area contributed by atoms with Crippen LogP contribution in [0.5, 0.6) is 0 Å². The smallest absolute Gasteiger partial charge is 0.320 e. The van der Waals surface area contributed by atoms with Crippen LogP contribution in [0.15, 0.2) is 54.7 Å². The van der Waals surface area contributed by atoms with Gasteiger partial charge in [0.2, 0.25) is 11.8 Å². The second-order valence-corrected chi connectivity index (χ2v) is 5.44. The number of carbonyl (C=O) groups is 3. The molecule has 0 fully saturated rings. The van der Waals surface area contributed by atoms with Crippen molar-refractivity contribution in [3.63, 3.8) is 0 Å². The quantitative estimate of drug-likeness (QED) is 0.507. The monoisotopic (exact) mass is 370 g/mol. The van der Waals surface area contributed by atoms with Crippen molar-refractivity contribution in [1.29, 1.82) is 0 Å². The van der Waals surface area contributed by atoms with Gasteiger partial charge in [0.1, 0.15) is 11.9 Å². The van der Waals surface area contributed by atoms with Crippen molar-refractivity contribution in [1.82, 2.24) is 20.9 Å². The molecule has 2 aromatic rings. The molecule has 0 saturated carbocycles. The SMILES string of the molecule is [O]CC(=O)N[C@@H](C(=O)NCCNC(=O)Nc1ccccn1)c1ccccc1. The molecule has 27 heavy (non-hydrogen) atoms. The fourth-order valence-corrected chi connectivity index (χ4v) is 2.21. The first-order valence-corrected chi connectivity index (χ1v) is 8.26. The number of anilines is 1. The fourth-order valence-electron chi connectivity index (χ4n) is 2.21. The molecule has 4 amide bonds. The molecule has 1 aromatic carbocycles. The Hall–Kier alpha value is -3.46. The van der Waals surface area contributed by atoms with Crippen LogP contribution in [0.3, 0.4) is 0 Å². The van der Waals surface area contributed by atoms with Crippen LogP contribution >= 0.6 is 0 Å². The summed E-state index contributed by atoms with van der Waals surface area (Å²) in [7, 11) is 0. The number of carbonyl (C=O) groups excluding carboxylic acids is 3. The maximum atomic E-state index is 12.4. The van der Waals surface area contributed by atoms with Gasteiger partial charge in [-0.25, -0.2) is 14.9 Å². The molecule has 9 heteroatoms. The van der Waals surface area contributed by atoms with Crippen molar-refractivity contribution in [3.05, 3.63) is 60.3 Å². The lowest BCUT2D eigenvalue weighted by atomic mass is 10.1. The fraction of sp³-hybridized carbons (Fsp3) is 0.222. The molecule has 9 nitrogen and oxygen atoms in total. The lowest BCUT2D eigenvalue weighted by molar-refractivity contribution is -0.131. The molecule has 1 heterocycles.